The normalized spacial score (nSPS) is 25.6. The van der Waals surface area contributed by atoms with E-state index in [2.05, 4.69) is 5.32 Å². The maximum absolute atomic E-state index is 13.3. The van der Waals surface area contributed by atoms with Crippen molar-refractivity contribution < 1.29 is 13.2 Å². The summed E-state index contributed by atoms with van der Waals surface area (Å²) >= 11 is 7.32. The van der Waals surface area contributed by atoms with E-state index in [1.165, 1.54) is 11.3 Å². The van der Waals surface area contributed by atoms with Gasteiger partial charge in [-0.05, 0) is 37.4 Å². The van der Waals surface area contributed by atoms with Crippen LogP contribution in [0.1, 0.15) is 43.5 Å². The van der Waals surface area contributed by atoms with Gasteiger partial charge in [0.05, 0.1) is 10.3 Å². The van der Waals surface area contributed by atoms with E-state index in [9.17, 15) is 13.2 Å². The van der Waals surface area contributed by atoms with Crippen molar-refractivity contribution in [3.8, 4) is 0 Å². The first-order valence-corrected chi connectivity index (χ1v) is 8.18. The van der Waals surface area contributed by atoms with Gasteiger partial charge < -0.3 is 5.32 Å². The summed E-state index contributed by atoms with van der Waals surface area (Å²) in [6, 6.07) is 3.36. The van der Waals surface area contributed by atoms with Crippen LogP contribution in [0.3, 0.4) is 0 Å². The Morgan fingerprint density at radius 3 is 2.60 bits per heavy atom. The summed E-state index contributed by atoms with van der Waals surface area (Å²) in [5.41, 5.74) is 0. The summed E-state index contributed by atoms with van der Waals surface area (Å²) in [6.45, 7) is 2.58. The minimum atomic E-state index is -4.11. The van der Waals surface area contributed by atoms with Gasteiger partial charge in [-0.3, -0.25) is 0 Å². The maximum atomic E-state index is 13.3. The van der Waals surface area contributed by atoms with Crippen molar-refractivity contribution in [2.75, 3.05) is 6.54 Å². The molecule has 2 rings (SSSR count). The molecule has 1 saturated carbocycles. The number of nitrogens with one attached hydrogen (secondary N) is 1. The molecule has 1 aromatic rings. The molecule has 3 atom stereocenters. The molecule has 0 spiro atoms. The van der Waals surface area contributed by atoms with Crippen molar-refractivity contribution in [1.82, 2.24) is 5.32 Å². The molecule has 114 valence electrons. The lowest BCUT2D eigenvalue weighted by atomic mass is 9.74. The molecule has 0 bridgehead atoms. The Balaban J connectivity index is 2.26. The predicted molar refractivity (Wildman–Crippen MR) is 77.2 cm³/mol. The first-order chi connectivity index (χ1) is 9.43. The molecule has 0 amide bonds. The molecule has 1 nitrogen and oxygen atoms in total. The highest BCUT2D eigenvalue weighted by atomic mass is 35.5. The van der Waals surface area contributed by atoms with Gasteiger partial charge in [-0.15, -0.1) is 11.3 Å². The van der Waals surface area contributed by atoms with E-state index < -0.39 is 18.0 Å². The lowest BCUT2D eigenvalue weighted by Gasteiger charge is -2.38. The Morgan fingerprint density at radius 2 is 2.05 bits per heavy atom. The third kappa shape index (κ3) is 3.68. The highest BCUT2D eigenvalue weighted by Gasteiger charge is 2.48. The van der Waals surface area contributed by atoms with Gasteiger partial charge in [-0.1, -0.05) is 31.4 Å². The van der Waals surface area contributed by atoms with Crippen molar-refractivity contribution in [1.29, 1.82) is 0 Å². The molecule has 0 radical (unpaired) electrons. The zero-order valence-electron chi connectivity index (χ0n) is 11.3. The second kappa shape index (κ2) is 6.67. The van der Waals surface area contributed by atoms with E-state index in [-0.39, 0.29) is 12.5 Å². The SMILES string of the molecule is CCNC(c1ccc(Cl)s1)C1CCCCC1C(F)(F)F. The highest BCUT2D eigenvalue weighted by Crippen LogP contribution is 2.47. The standard InChI is InChI=1S/C14H19ClF3NS/c1-2-19-13(11-7-8-12(15)20-11)9-5-3-4-6-10(9)14(16,17)18/h7-10,13,19H,2-6H2,1H3. The zero-order chi connectivity index (χ0) is 14.8. The smallest absolute Gasteiger partial charge is 0.309 e. The third-order valence-electron chi connectivity index (χ3n) is 3.99. The number of rotatable bonds is 4. The minimum absolute atomic E-state index is 0.245. The van der Waals surface area contributed by atoms with E-state index in [0.29, 0.717) is 23.7 Å². The summed E-state index contributed by atoms with van der Waals surface area (Å²) in [6.07, 6.45) is -1.70. The van der Waals surface area contributed by atoms with Gasteiger partial charge in [0, 0.05) is 10.9 Å². The summed E-state index contributed by atoms with van der Waals surface area (Å²) < 4.78 is 40.4. The third-order valence-corrected chi connectivity index (χ3v) is 5.31. The summed E-state index contributed by atoms with van der Waals surface area (Å²) in [5, 5.41) is 3.24. The van der Waals surface area contributed by atoms with E-state index >= 15 is 0 Å². The molecule has 1 fully saturated rings. The molecular weight excluding hydrogens is 307 g/mol. The fourth-order valence-electron chi connectivity index (χ4n) is 3.14. The lowest BCUT2D eigenvalue weighted by molar-refractivity contribution is -0.199. The Labute approximate surface area is 126 Å². The molecule has 3 unspecified atom stereocenters. The van der Waals surface area contributed by atoms with Crippen LogP contribution in [0.5, 0.6) is 0 Å². The van der Waals surface area contributed by atoms with Crippen LogP contribution >= 0.6 is 22.9 Å². The second-order valence-corrected chi connectivity index (χ2v) is 7.02. The number of halogens is 4. The van der Waals surface area contributed by atoms with Crippen LogP contribution in [-0.2, 0) is 0 Å². The first kappa shape index (κ1) is 16.1. The number of hydrogen-bond acceptors (Lipinski definition) is 2. The number of alkyl halides is 3. The topological polar surface area (TPSA) is 12.0 Å². The quantitative estimate of drug-likeness (QED) is 0.779. The molecule has 1 N–H and O–H groups in total. The second-order valence-electron chi connectivity index (χ2n) is 5.27. The van der Waals surface area contributed by atoms with Crippen LogP contribution < -0.4 is 5.32 Å². The van der Waals surface area contributed by atoms with Crippen molar-refractivity contribution >= 4 is 22.9 Å². The van der Waals surface area contributed by atoms with Gasteiger partial charge in [-0.2, -0.15) is 13.2 Å². The van der Waals surface area contributed by atoms with Gasteiger partial charge in [0.25, 0.3) is 0 Å². The Kier molecular flexibility index (Phi) is 5.37. The Morgan fingerprint density at radius 1 is 1.35 bits per heavy atom. The maximum Gasteiger partial charge on any atom is 0.392 e. The van der Waals surface area contributed by atoms with E-state index in [4.69, 9.17) is 11.6 Å². The zero-order valence-corrected chi connectivity index (χ0v) is 12.9. The van der Waals surface area contributed by atoms with Gasteiger partial charge >= 0.3 is 6.18 Å². The van der Waals surface area contributed by atoms with Crippen molar-refractivity contribution in [2.24, 2.45) is 11.8 Å². The first-order valence-electron chi connectivity index (χ1n) is 6.98. The van der Waals surface area contributed by atoms with Crippen molar-refractivity contribution in [3.05, 3.63) is 21.3 Å². The van der Waals surface area contributed by atoms with Crippen LogP contribution in [0.25, 0.3) is 0 Å². The summed E-state index contributed by atoms with van der Waals surface area (Å²) in [7, 11) is 0. The summed E-state index contributed by atoms with van der Waals surface area (Å²) in [4.78, 5) is 0.915. The van der Waals surface area contributed by atoms with Gasteiger partial charge in [-0.25, -0.2) is 0 Å². The van der Waals surface area contributed by atoms with Crippen LogP contribution in [-0.4, -0.2) is 12.7 Å². The van der Waals surface area contributed by atoms with Gasteiger partial charge in [0.1, 0.15) is 0 Å². The molecule has 1 heterocycles. The fourth-order valence-corrected chi connectivity index (χ4v) is 4.36. The van der Waals surface area contributed by atoms with Crippen molar-refractivity contribution in [3.63, 3.8) is 0 Å². The largest absolute Gasteiger partial charge is 0.392 e. The Bertz CT molecular complexity index is 432. The Hall–Kier alpha value is -0.260. The fraction of sp³-hybridized carbons (Fsp3) is 0.714. The highest BCUT2D eigenvalue weighted by molar-refractivity contribution is 7.16. The molecule has 20 heavy (non-hydrogen) atoms. The lowest BCUT2D eigenvalue weighted by Crippen LogP contribution is -2.40. The molecule has 0 saturated heterocycles. The van der Waals surface area contributed by atoms with E-state index in [0.717, 1.165) is 11.3 Å². The van der Waals surface area contributed by atoms with Gasteiger partial charge in [0.15, 0.2) is 0 Å². The van der Waals surface area contributed by atoms with Crippen LogP contribution in [0.4, 0.5) is 13.2 Å². The van der Waals surface area contributed by atoms with Crippen LogP contribution in [0.2, 0.25) is 4.34 Å². The van der Waals surface area contributed by atoms with Crippen LogP contribution in [0, 0.1) is 11.8 Å². The average Bonchev–Trinajstić information content (AvgIpc) is 2.81. The number of hydrogen-bond donors (Lipinski definition) is 1. The van der Waals surface area contributed by atoms with E-state index in [1.807, 2.05) is 13.0 Å². The monoisotopic (exact) mass is 325 g/mol. The average molecular weight is 326 g/mol. The van der Waals surface area contributed by atoms with Gasteiger partial charge in [0.2, 0.25) is 0 Å². The van der Waals surface area contributed by atoms with Crippen molar-refractivity contribution in [2.45, 2.75) is 44.8 Å². The molecule has 6 heteroatoms. The molecule has 1 aliphatic rings. The molecule has 0 aliphatic heterocycles. The molecule has 1 aromatic heterocycles. The summed E-state index contributed by atoms with van der Waals surface area (Å²) in [5.74, 6) is -1.60. The number of thiophene rings is 1. The molecule has 0 aromatic carbocycles. The molecule has 1 aliphatic carbocycles. The predicted octanol–water partition coefficient (Wildman–Crippen LogP) is 5.42. The van der Waals surface area contributed by atoms with E-state index in [1.54, 1.807) is 6.07 Å². The minimum Gasteiger partial charge on any atom is -0.309 e. The van der Waals surface area contributed by atoms with Crippen LogP contribution in [0.15, 0.2) is 12.1 Å². The molecular formula is C14H19ClF3NS.